The highest BCUT2D eigenvalue weighted by Gasteiger charge is 1.99. The van der Waals surface area contributed by atoms with E-state index in [1.165, 1.54) is 22.0 Å². The normalized spacial score (nSPS) is 11.6. The Balaban J connectivity index is 2.55. The number of hydrogen-bond donors (Lipinski definition) is 2. The molecule has 0 spiro atoms. The van der Waals surface area contributed by atoms with E-state index in [0.29, 0.717) is 6.54 Å². The maximum Gasteiger partial charge on any atom is 0.0460 e. The summed E-state index contributed by atoms with van der Waals surface area (Å²) in [5, 5.41) is 1.26. The SMILES string of the molecule is Cc1ccc2[nH]cc(C=CCN)c2c1. The minimum absolute atomic E-state index is 0.582. The number of hydrogen-bond acceptors (Lipinski definition) is 1. The first-order valence-electron chi connectivity index (χ1n) is 4.75. The van der Waals surface area contributed by atoms with E-state index in [-0.39, 0.29) is 0 Å². The van der Waals surface area contributed by atoms with Gasteiger partial charge in [0.25, 0.3) is 0 Å². The largest absolute Gasteiger partial charge is 0.361 e. The van der Waals surface area contributed by atoms with E-state index in [0.717, 1.165) is 0 Å². The first kappa shape index (κ1) is 9.03. The first-order chi connectivity index (χ1) is 6.81. The summed E-state index contributed by atoms with van der Waals surface area (Å²) in [6, 6.07) is 6.39. The molecule has 3 N–H and O–H groups in total. The number of nitrogens with one attached hydrogen (secondary N) is 1. The average molecular weight is 186 g/mol. The zero-order chi connectivity index (χ0) is 9.97. The zero-order valence-corrected chi connectivity index (χ0v) is 8.25. The molecular weight excluding hydrogens is 172 g/mol. The van der Waals surface area contributed by atoms with Crippen molar-refractivity contribution >= 4 is 17.0 Å². The van der Waals surface area contributed by atoms with Crippen molar-refractivity contribution in [1.29, 1.82) is 0 Å². The molecule has 14 heavy (non-hydrogen) atoms. The Hall–Kier alpha value is -1.54. The van der Waals surface area contributed by atoms with Crippen molar-refractivity contribution < 1.29 is 0 Å². The molecule has 0 saturated heterocycles. The lowest BCUT2D eigenvalue weighted by Crippen LogP contribution is -1.91. The molecule has 1 aromatic heterocycles. The lowest BCUT2D eigenvalue weighted by atomic mass is 10.1. The van der Waals surface area contributed by atoms with Gasteiger partial charge in [0.2, 0.25) is 0 Å². The molecule has 72 valence electrons. The lowest BCUT2D eigenvalue weighted by molar-refractivity contribution is 1.26. The molecule has 0 bridgehead atoms. The molecule has 0 aliphatic carbocycles. The number of aromatic amines is 1. The van der Waals surface area contributed by atoms with Gasteiger partial charge >= 0.3 is 0 Å². The van der Waals surface area contributed by atoms with E-state index in [1.54, 1.807) is 0 Å². The topological polar surface area (TPSA) is 41.8 Å². The molecule has 0 aliphatic rings. The summed E-state index contributed by atoms with van der Waals surface area (Å²) < 4.78 is 0. The number of fused-ring (bicyclic) bond motifs is 1. The highest BCUT2D eigenvalue weighted by Crippen LogP contribution is 2.20. The summed E-state index contributed by atoms with van der Waals surface area (Å²) >= 11 is 0. The predicted molar refractivity (Wildman–Crippen MR) is 61.1 cm³/mol. The van der Waals surface area contributed by atoms with E-state index in [9.17, 15) is 0 Å². The van der Waals surface area contributed by atoms with Crippen LogP contribution in [0.25, 0.3) is 17.0 Å². The molecule has 0 radical (unpaired) electrons. The zero-order valence-electron chi connectivity index (χ0n) is 8.25. The molecular formula is C12H14N2. The smallest absolute Gasteiger partial charge is 0.0460 e. The second kappa shape index (κ2) is 3.68. The van der Waals surface area contributed by atoms with Gasteiger partial charge in [0.15, 0.2) is 0 Å². The monoisotopic (exact) mass is 186 g/mol. The molecule has 0 saturated carbocycles. The summed E-state index contributed by atoms with van der Waals surface area (Å²) in [6.07, 6.45) is 6.03. The molecule has 2 nitrogen and oxygen atoms in total. The molecule has 2 heteroatoms. The molecule has 0 unspecified atom stereocenters. The molecule has 1 heterocycles. The summed E-state index contributed by atoms with van der Waals surface area (Å²) in [4.78, 5) is 3.23. The molecule has 0 aliphatic heterocycles. The van der Waals surface area contributed by atoms with Gasteiger partial charge in [0, 0.05) is 23.6 Å². The molecule has 0 atom stereocenters. The van der Waals surface area contributed by atoms with Crippen LogP contribution in [-0.2, 0) is 0 Å². The van der Waals surface area contributed by atoms with Crippen molar-refractivity contribution in [3.63, 3.8) is 0 Å². The van der Waals surface area contributed by atoms with Crippen LogP contribution in [0, 0.1) is 6.92 Å². The fraction of sp³-hybridized carbons (Fsp3) is 0.167. The molecule has 2 aromatic rings. The third-order valence-corrected chi connectivity index (χ3v) is 2.30. The summed E-state index contributed by atoms with van der Waals surface area (Å²) in [5.74, 6) is 0. The van der Waals surface area contributed by atoms with Gasteiger partial charge in [-0.3, -0.25) is 0 Å². The van der Waals surface area contributed by atoms with Crippen LogP contribution in [0.2, 0.25) is 0 Å². The van der Waals surface area contributed by atoms with E-state index in [1.807, 2.05) is 12.3 Å². The van der Waals surface area contributed by atoms with E-state index >= 15 is 0 Å². The number of H-pyrrole nitrogens is 1. The van der Waals surface area contributed by atoms with Crippen LogP contribution in [0.3, 0.4) is 0 Å². The third kappa shape index (κ3) is 1.56. The molecule has 1 aromatic carbocycles. The standard InChI is InChI=1S/C12H14N2/c1-9-4-5-12-11(7-9)10(8-14-12)3-2-6-13/h2-5,7-8,14H,6,13H2,1H3. The van der Waals surface area contributed by atoms with Crippen molar-refractivity contribution in [3.8, 4) is 0 Å². The van der Waals surface area contributed by atoms with Crippen molar-refractivity contribution in [2.75, 3.05) is 6.54 Å². The van der Waals surface area contributed by atoms with Gasteiger partial charge < -0.3 is 10.7 Å². The lowest BCUT2D eigenvalue weighted by Gasteiger charge is -1.94. The van der Waals surface area contributed by atoms with Crippen molar-refractivity contribution in [2.45, 2.75) is 6.92 Å². The van der Waals surface area contributed by atoms with Crippen LogP contribution in [-0.4, -0.2) is 11.5 Å². The van der Waals surface area contributed by atoms with Crippen LogP contribution in [0.15, 0.2) is 30.5 Å². The first-order valence-corrected chi connectivity index (χ1v) is 4.75. The number of nitrogens with two attached hydrogens (primary N) is 1. The number of aromatic nitrogens is 1. The fourth-order valence-corrected chi connectivity index (χ4v) is 1.59. The Bertz CT molecular complexity index is 466. The van der Waals surface area contributed by atoms with Gasteiger partial charge in [-0.25, -0.2) is 0 Å². The Morgan fingerprint density at radius 1 is 1.43 bits per heavy atom. The second-order valence-electron chi connectivity index (χ2n) is 3.43. The molecule has 0 fully saturated rings. The maximum atomic E-state index is 5.42. The number of aryl methyl sites for hydroxylation is 1. The maximum absolute atomic E-state index is 5.42. The van der Waals surface area contributed by atoms with Gasteiger partial charge in [-0.2, -0.15) is 0 Å². The Kier molecular flexibility index (Phi) is 2.37. The minimum Gasteiger partial charge on any atom is -0.361 e. The Labute approximate surface area is 83.4 Å². The molecule has 0 amide bonds. The Morgan fingerprint density at radius 3 is 3.07 bits per heavy atom. The highest BCUT2D eigenvalue weighted by atomic mass is 14.7. The van der Waals surface area contributed by atoms with Crippen LogP contribution in [0.1, 0.15) is 11.1 Å². The van der Waals surface area contributed by atoms with Crippen molar-refractivity contribution in [1.82, 2.24) is 4.98 Å². The van der Waals surface area contributed by atoms with Crippen LogP contribution in [0.5, 0.6) is 0 Å². The minimum atomic E-state index is 0.582. The summed E-state index contributed by atoms with van der Waals surface area (Å²) in [5.41, 5.74) is 9.08. The van der Waals surface area contributed by atoms with Crippen LogP contribution in [0.4, 0.5) is 0 Å². The van der Waals surface area contributed by atoms with Crippen molar-refractivity contribution in [2.24, 2.45) is 5.73 Å². The average Bonchev–Trinajstić information content (AvgIpc) is 2.57. The van der Waals surface area contributed by atoms with Gasteiger partial charge in [0.1, 0.15) is 0 Å². The summed E-state index contributed by atoms with van der Waals surface area (Å²) in [7, 11) is 0. The fourth-order valence-electron chi connectivity index (χ4n) is 1.59. The predicted octanol–water partition coefficient (Wildman–Crippen LogP) is 2.45. The van der Waals surface area contributed by atoms with E-state index in [4.69, 9.17) is 5.73 Å². The third-order valence-electron chi connectivity index (χ3n) is 2.30. The quantitative estimate of drug-likeness (QED) is 0.743. The second-order valence-corrected chi connectivity index (χ2v) is 3.43. The number of rotatable bonds is 2. The van der Waals surface area contributed by atoms with Gasteiger partial charge in [-0.15, -0.1) is 0 Å². The van der Waals surface area contributed by atoms with E-state index < -0.39 is 0 Å². The summed E-state index contributed by atoms with van der Waals surface area (Å²) in [6.45, 7) is 2.68. The highest BCUT2D eigenvalue weighted by molar-refractivity contribution is 5.89. The molecule has 2 rings (SSSR count). The van der Waals surface area contributed by atoms with Crippen molar-refractivity contribution in [3.05, 3.63) is 41.6 Å². The Morgan fingerprint density at radius 2 is 2.29 bits per heavy atom. The van der Waals surface area contributed by atoms with Gasteiger partial charge in [0.05, 0.1) is 0 Å². The van der Waals surface area contributed by atoms with Gasteiger partial charge in [-0.1, -0.05) is 23.8 Å². The van der Waals surface area contributed by atoms with Crippen LogP contribution >= 0.6 is 0 Å². The van der Waals surface area contributed by atoms with Crippen LogP contribution < -0.4 is 5.73 Å². The van der Waals surface area contributed by atoms with E-state index in [2.05, 4.69) is 36.2 Å². The van der Waals surface area contributed by atoms with Gasteiger partial charge in [-0.05, 0) is 24.6 Å². The number of benzene rings is 1.